The van der Waals surface area contributed by atoms with Crippen molar-refractivity contribution in [2.24, 2.45) is 5.92 Å². The third-order valence-electron chi connectivity index (χ3n) is 4.63. The maximum atomic E-state index is 13.9. The zero-order valence-electron chi connectivity index (χ0n) is 13.0. The van der Waals surface area contributed by atoms with Crippen molar-refractivity contribution in [3.63, 3.8) is 0 Å². The van der Waals surface area contributed by atoms with Crippen LogP contribution in [0, 0.1) is 11.7 Å². The molecule has 1 heterocycles. The minimum Gasteiger partial charge on any atom is -0.341 e. The molecule has 2 amide bonds. The van der Waals surface area contributed by atoms with Gasteiger partial charge in [-0.25, -0.2) is 4.39 Å². The number of likely N-dealkylation sites (tertiary alicyclic amines) is 1. The van der Waals surface area contributed by atoms with Gasteiger partial charge < -0.3 is 9.80 Å². The Balaban J connectivity index is 1.69. The lowest BCUT2D eigenvalue weighted by Crippen LogP contribution is -2.40. The lowest BCUT2D eigenvalue weighted by atomic mass is 10.1. The van der Waals surface area contributed by atoms with Gasteiger partial charge >= 0.3 is 0 Å². The van der Waals surface area contributed by atoms with Crippen molar-refractivity contribution >= 4 is 18.1 Å². The highest BCUT2D eigenvalue weighted by Crippen LogP contribution is 2.32. The molecule has 3 rings (SSSR count). The Morgan fingerprint density at radius 3 is 2.70 bits per heavy atom. The average molecular weight is 318 g/mol. The predicted octanol–water partition coefficient (Wildman–Crippen LogP) is 1.72. The number of hydrogen-bond donors (Lipinski definition) is 0. The quantitative estimate of drug-likeness (QED) is 0.794. The molecule has 5 nitrogen and oxygen atoms in total. The Morgan fingerprint density at radius 1 is 1.30 bits per heavy atom. The molecule has 1 saturated carbocycles. The largest absolute Gasteiger partial charge is 0.341 e. The molecular formula is C17H19FN2O3. The number of nitrogens with zero attached hydrogens (tertiary/aromatic N) is 2. The highest BCUT2D eigenvalue weighted by molar-refractivity contribution is 5.96. The summed E-state index contributed by atoms with van der Waals surface area (Å²) in [5.41, 5.74) is 0.179. The summed E-state index contributed by atoms with van der Waals surface area (Å²) in [6, 6.07) is 3.72. The Kier molecular flexibility index (Phi) is 4.15. The Labute approximate surface area is 134 Å². The highest BCUT2D eigenvalue weighted by atomic mass is 19.1. The van der Waals surface area contributed by atoms with E-state index in [1.165, 1.54) is 12.1 Å². The molecule has 0 unspecified atom stereocenters. The summed E-state index contributed by atoms with van der Waals surface area (Å²) in [7, 11) is 1.77. The fourth-order valence-corrected chi connectivity index (χ4v) is 2.99. The molecular weight excluding hydrogens is 299 g/mol. The van der Waals surface area contributed by atoms with Crippen molar-refractivity contribution in [3.8, 4) is 0 Å². The fourth-order valence-electron chi connectivity index (χ4n) is 2.99. The minimum atomic E-state index is -0.633. The number of rotatable bonds is 4. The standard InChI is InChI=1S/C17H19FN2O3/c1-19(16(22)12-3-4-12)13-6-7-20(9-13)17(23)14-8-11(10-21)2-5-15(14)18/h2,5,8,10,12-13H,3-4,6-7,9H2,1H3/t13-/m1/s1. The zero-order chi connectivity index (χ0) is 16.6. The topological polar surface area (TPSA) is 57.7 Å². The molecule has 1 aliphatic carbocycles. The summed E-state index contributed by atoms with van der Waals surface area (Å²) in [5, 5.41) is 0. The maximum absolute atomic E-state index is 13.9. The molecule has 0 radical (unpaired) electrons. The molecule has 6 heteroatoms. The van der Waals surface area contributed by atoms with Crippen LogP contribution in [0.4, 0.5) is 4.39 Å². The smallest absolute Gasteiger partial charge is 0.256 e. The van der Waals surface area contributed by atoms with Gasteiger partial charge in [0.15, 0.2) is 0 Å². The molecule has 1 saturated heterocycles. The number of carbonyl (C=O) groups is 3. The fraction of sp³-hybridized carbons (Fsp3) is 0.471. The molecule has 2 aliphatic rings. The molecule has 0 aromatic heterocycles. The van der Waals surface area contributed by atoms with Gasteiger partial charge in [-0.2, -0.15) is 0 Å². The van der Waals surface area contributed by atoms with Crippen molar-refractivity contribution in [1.29, 1.82) is 0 Å². The van der Waals surface area contributed by atoms with Gasteiger partial charge in [-0.1, -0.05) is 0 Å². The maximum Gasteiger partial charge on any atom is 0.256 e. The molecule has 1 aromatic rings. The van der Waals surface area contributed by atoms with E-state index in [1.807, 2.05) is 0 Å². The van der Waals surface area contributed by atoms with Crippen molar-refractivity contribution in [2.45, 2.75) is 25.3 Å². The van der Waals surface area contributed by atoms with E-state index in [0.717, 1.165) is 18.9 Å². The second kappa shape index (κ2) is 6.10. The summed E-state index contributed by atoms with van der Waals surface area (Å²) < 4.78 is 13.9. The first-order valence-corrected chi connectivity index (χ1v) is 7.82. The lowest BCUT2D eigenvalue weighted by Gasteiger charge is -2.25. The van der Waals surface area contributed by atoms with Crippen molar-refractivity contribution in [1.82, 2.24) is 9.80 Å². The van der Waals surface area contributed by atoms with Crippen molar-refractivity contribution < 1.29 is 18.8 Å². The average Bonchev–Trinajstić information content (AvgIpc) is 3.30. The van der Waals surface area contributed by atoms with Crippen LogP contribution in [0.3, 0.4) is 0 Å². The summed E-state index contributed by atoms with van der Waals surface area (Å²) in [6.45, 7) is 0.884. The number of halogens is 1. The number of amides is 2. The van der Waals surface area contributed by atoms with E-state index >= 15 is 0 Å². The molecule has 0 N–H and O–H groups in total. The Morgan fingerprint density at radius 2 is 2.04 bits per heavy atom. The van der Waals surface area contributed by atoms with Gasteiger partial charge in [0.25, 0.3) is 5.91 Å². The van der Waals surface area contributed by atoms with Crippen LogP contribution in [0.2, 0.25) is 0 Å². The van der Waals surface area contributed by atoms with Crippen LogP contribution in [0.5, 0.6) is 0 Å². The van der Waals surface area contributed by atoms with Crippen LogP contribution in [0.1, 0.15) is 40.0 Å². The van der Waals surface area contributed by atoms with Crippen LogP contribution in [-0.4, -0.2) is 54.1 Å². The SMILES string of the molecule is CN(C(=O)C1CC1)[C@@H]1CCN(C(=O)c2cc(C=O)ccc2F)C1. The summed E-state index contributed by atoms with van der Waals surface area (Å²) >= 11 is 0. The van der Waals surface area contributed by atoms with Crippen LogP contribution < -0.4 is 0 Å². The molecule has 122 valence electrons. The first-order chi connectivity index (χ1) is 11.0. The predicted molar refractivity (Wildman–Crippen MR) is 81.6 cm³/mol. The van der Waals surface area contributed by atoms with Crippen molar-refractivity contribution in [2.75, 3.05) is 20.1 Å². The lowest BCUT2D eigenvalue weighted by molar-refractivity contribution is -0.133. The molecule has 1 aliphatic heterocycles. The molecule has 0 spiro atoms. The van der Waals surface area contributed by atoms with Crippen LogP contribution >= 0.6 is 0 Å². The molecule has 0 bridgehead atoms. The minimum absolute atomic E-state index is 0.0237. The third-order valence-corrected chi connectivity index (χ3v) is 4.63. The molecule has 23 heavy (non-hydrogen) atoms. The second-order valence-corrected chi connectivity index (χ2v) is 6.27. The summed E-state index contributed by atoms with van der Waals surface area (Å²) in [5.74, 6) is -0.780. The van der Waals surface area contributed by atoms with Crippen LogP contribution in [-0.2, 0) is 4.79 Å². The Hall–Kier alpha value is -2.24. The van der Waals surface area contributed by atoms with Gasteiger partial charge in [-0.15, -0.1) is 0 Å². The van der Waals surface area contributed by atoms with Gasteiger partial charge in [0, 0.05) is 31.6 Å². The van der Waals surface area contributed by atoms with E-state index in [4.69, 9.17) is 0 Å². The number of likely N-dealkylation sites (N-methyl/N-ethyl adjacent to an activating group) is 1. The van der Waals surface area contributed by atoms with Gasteiger partial charge in [-0.3, -0.25) is 14.4 Å². The first-order valence-electron chi connectivity index (χ1n) is 7.82. The molecule has 1 aromatic carbocycles. The van der Waals surface area contributed by atoms with E-state index in [0.29, 0.717) is 25.8 Å². The zero-order valence-corrected chi connectivity index (χ0v) is 13.0. The summed E-state index contributed by atoms with van der Waals surface area (Å²) in [6.07, 6.45) is 3.17. The van der Waals surface area contributed by atoms with E-state index in [9.17, 15) is 18.8 Å². The van der Waals surface area contributed by atoms with Crippen LogP contribution in [0.15, 0.2) is 18.2 Å². The van der Waals surface area contributed by atoms with Gasteiger partial charge in [0.05, 0.1) is 11.6 Å². The number of carbonyl (C=O) groups excluding carboxylic acids is 3. The number of aldehydes is 1. The molecule has 1 atom stereocenters. The number of hydrogen-bond acceptors (Lipinski definition) is 3. The normalized spacial score (nSPS) is 20.4. The monoisotopic (exact) mass is 318 g/mol. The first kappa shape index (κ1) is 15.6. The van der Waals surface area contributed by atoms with E-state index in [1.54, 1.807) is 16.8 Å². The van der Waals surface area contributed by atoms with E-state index in [-0.39, 0.29) is 29.0 Å². The van der Waals surface area contributed by atoms with Crippen molar-refractivity contribution in [3.05, 3.63) is 35.1 Å². The molecule has 2 fully saturated rings. The third kappa shape index (κ3) is 3.11. The van der Waals surface area contributed by atoms with Gasteiger partial charge in [0.2, 0.25) is 5.91 Å². The van der Waals surface area contributed by atoms with E-state index < -0.39 is 11.7 Å². The summed E-state index contributed by atoms with van der Waals surface area (Å²) in [4.78, 5) is 38.7. The van der Waals surface area contributed by atoms with Gasteiger partial charge in [-0.05, 0) is 37.5 Å². The van der Waals surface area contributed by atoms with Crippen LogP contribution in [0.25, 0.3) is 0 Å². The second-order valence-electron chi connectivity index (χ2n) is 6.27. The van der Waals surface area contributed by atoms with Gasteiger partial charge in [0.1, 0.15) is 12.1 Å². The highest BCUT2D eigenvalue weighted by Gasteiger charge is 2.37. The van der Waals surface area contributed by atoms with E-state index in [2.05, 4.69) is 0 Å². The Bertz CT molecular complexity index is 657. The number of benzene rings is 1.